The Bertz CT molecular complexity index is 786. The molecule has 27 heavy (non-hydrogen) atoms. The van der Waals surface area contributed by atoms with Gasteiger partial charge in [-0.2, -0.15) is 0 Å². The van der Waals surface area contributed by atoms with Gasteiger partial charge in [-0.05, 0) is 37.6 Å². The molecule has 0 saturated heterocycles. The molecule has 1 unspecified atom stereocenters. The number of fused-ring (bicyclic) bond motifs is 1. The van der Waals surface area contributed by atoms with Gasteiger partial charge in [0.2, 0.25) is 0 Å². The molecule has 1 aromatic carbocycles. The van der Waals surface area contributed by atoms with E-state index in [9.17, 15) is 9.18 Å². The molecule has 0 aliphatic carbocycles. The van der Waals surface area contributed by atoms with E-state index in [0.717, 1.165) is 11.5 Å². The molecule has 1 aliphatic rings. The standard InChI is InChI=1S/C20H25FN4O2/c1-13(20(26)27)6-4-10-22-18(14-7-2-3-8-15(14)21)17-12-24-16-9-5-11-23-19(16)25-17/h2-3,5,7-9,11,13,17-18,22,24H,4,6,10,12H2,1H3,(H,23,25)(H,26,27)/t13?,17-,18+/m0/s1. The summed E-state index contributed by atoms with van der Waals surface area (Å²) in [4.78, 5) is 15.3. The summed E-state index contributed by atoms with van der Waals surface area (Å²) in [5, 5.41) is 19.1. The van der Waals surface area contributed by atoms with Gasteiger partial charge in [-0.3, -0.25) is 4.79 Å². The number of rotatable bonds is 8. The number of anilines is 2. The number of carboxylic acid groups (broad SMARTS) is 1. The summed E-state index contributed by atoms with van der Waals surface area (Å²) < 4.78 is 14.5. The van der Waals surface area contributed by atoms with E-state index in [4.69, 9.17) is 5.11 Å². The molecular weight excluding hydrogens is 347 g/mol. The summed E-state index contributed by atoms with van der Waals surface area (Å²) in [5.41, 5.74) is 1.51. The Morgan fingerprint density at radius 2 is 2.19 bits per heavy atom. The number of pyridine rings is 1. The largest absolute Gasteiger partial charge is 0.481 e. The average Bonchev–Trinajstić information content (AvgIpc) is 2.68. The molecule has 1 aromatic heterocycles. The number of aromatic nitrogens is 1. The number of hydrogen-bond acceptors (Lipinski definition) is 5. The molecule has 3 atom stereocenters. The van der Waals surface area contributed by atoms with Crippen LogP contribution in [0.2, 0.25) is 0 Å². The Hall–Kier alpha value is -2.67. The van der Waals surface area contributed by atoms with Gasteiger partial charge in [-0.15, -0.1) is 0 Å². The van der Waals surface area contributed by atoms with Crippen LogP contribution < -0.4 is 16.0 Å². The summed E-state index contributed by atoms with van der Waals surface area (Å²) >= 11 is 0. The van der Waals surface area contributed by atoms with E-state index < -0.39 is 5.97 Å². The lowest BCUT2D eigenvalue weighted by Gasteiger charge is -2.34. The van der Waals surface area contributed by atoms with Crippen molar-refractivity contribution in [2.75, 3.05) is 23.7 Å². The highest BCUT2D eigenvalue weighted by molar-refractivity contribution is 5.69. The molecule has 0 amide bonds. The van der Waals surface area contributed by atoms with Crippen molar-refractivity contribution in [2.45, 2.75) is 31.8 Å². The van der Waals surface area contributed by atoms with Crippen LogP contribution in [0.4, 0.5) is 15.9 Å². The predicted octanol–water partition coefficient (Wildman–Crippen LogP) is 3.26. The third kappa shape index (κ3) is 4.74. The minimum Gasteiger partial charge on any atom is -0.481 e. The highest BCUT2D eigenvalue weighted by Crippen LogP contribution is 2.29. The van der Waals surface area contributed by atoms with Crippen molar-refractivity contribution >= 4 is 17.5 Å². The quantitative estimate of drug-likeness (QED) is 0.532. The Balaban J connectivity index is 1.71. The van der Waals surface area contributed by atoms with Crippen LogP contribution >= 0.6 is 0 Å². The zero-order valence-electron chi connectivity index (χ0n) is 15.3. The second-order valence-corrected chi connectivity index (χ2v) is 6.87. The van der Waals surface area contributed by atoms with Crippen molar-refractivity contribution in [2.24, 2.45) is 5.92 Å². The van der Waals surface area contributed by atoms with E-state index in [1.54, 1.807) is 25.3 Å². The number of nitrogens with zero attached hydrogens (tertiary/aromatic N) is 1. The van der Waals surface area contributed by atoms with Crippen LogP contribution in [0.1, 0.15) is 31.4 Å². The lowest BCUT2D eigenvalue weighted by Crippen LogP contribution is -2.44. The molecule has 3 rings (SSSR count). The van der Waals surface area contributed by atoms with Gasteiger partial charge in [0.25, 0.3) is 0 Å². The van der Waals surface area contributed by atoms with Crippen LogP contribution in [-0.4, -0.2) is 35.2 Å². The van der Waals surface area contributed by atoms with Crippen LogP contribution in [0.5, 0.6) is 0 Å². The van der Waals surface area contributed by atoms with E-state index in [1.165, 1.54) is 6.07 Å². The smallest absolute Gasteiger partial charge is 0.306 e. The van der Waals surface area contributed by atoms with Gasteiger partial charge in [-0.1, -0.05) is 25.1 Å². The van der Waals surface area contributed by atoms with E-state index in [-0.39, 0.29) is 23.8 Å². The molecule has 1 aliphatic heterocycles. The molecule has 0 fully saturated rings. The predicted molar refractivity (Wildman–Crippen MR) is 103 cm³/mol. The minimum absolute atomic E-state index is 0.0961. The van der Waals surface area contributed by atoms with Crippen molar-refractivity contribution in [3.63, 3.8) is 0 Å². The van der Waals surface area contributed by atoms with Gasteiger partial charge in [-0.25, -0.2) is 9.37 Å². The molecule has 2 aromatic rings. The van der Waals surface area contributed by atoms with Crippen molar-refractivity contribution < 1.29 is 14.3 Å². The number of benzene rings is 1. The van der Waals surface area contributed by atoms with Crippen molar-refractivity contribution in [3.8, 4) is 0 Å². The van der Waals surface area contributed by atoms with Gasteiger partial charge in [0.05, 0.1) is 23.7 Å². The van der Waals surface area contributed by atoms with Crippen LogP contribution in [0.25, 0.3) is 0 Å². The number of nitrogens with one attached hydrogen (secondary N) is 3. The Morgan fingerprint density at radius 3 is 2.96 bits per heavy atom. The highest BCUT2D eigenvalue weighted by atomic mass is 19.1. The number of carbonyl (C=O) groups is 1. The monoisotopic (exact) mass is 372 g/mol. The summed E-state index contributed by atoms with van der Waals surface area (Å²) in [6.45, 7) is 2.92. The molecule has 2 heterocycles. The van der Waals surface area contributed by atoms with Gasteiger partial charge < -0.3 is 21.1 Å². The third-order valence-corrected chi connectivity index (χ3v) is 4.88. The Labute approximate surface area is 158 Å². The molecule has 0 spiro atoms. The maximum Gasteiger partial charge on any atom is 0.306 e. The first kappa shape index (κ1) is 19.1. The Morgan fingerprint density at radius 1 is 1.37 bits per heavy atom. The average molecular weight is 372 g/mol. The highest BCUT2D eigenvalue weighted by Gasteiger charge is 2.28. The fraction of sp³-hybridized carbons (Fsp3) is 0.400. The first-order chi connectivity index (χ1) is 13.1. The number of carboxylic acids is 1. The first-order valence-electron chi connectivity index (χ1n) is 9.22. The summed E-state index contributed by atoms with van der Waals surface area (Å²) in [7, 11) is 0. The van der Waals surface area contributed by atoms with Gasteiger partial charge in [0.1, 0.15) is 11.6 Å². The lowest BCUT2D eigenvalue weighted by molar-refractivity contribution is -0.141. The van der Waals surface area contributed by atoms with Gasteiger partial charge >= 0.3 is 5.97 Å². The molecule has 7 heteroatoms. The maximum absolute atomic E-state index is 14.5. The summed E-state index contributed by atoms with van der Waals surface area (Å²) in [6.07, 6.45) is 3.00. The van der Waals surface area contributed by atoms with Crippen molar-refractivity contribution in [3.05, 3.63) is 54.0 Å². The molecule has 0 radical (unpaired) electrons. The van der Waals surface area contributed by atoms with Gasteiger partial charge in [0.15, 0.2) is 0 Å². The zero-order valence-corrected chi connectivity index (χ0v) is 15.3. The number of halogens is 1. The fourth-order valence-electron chi connectivity index (χ4n) is 3.30. The van der Waals surface area contributed by atoms with Crippen molar-refractivity contribution in [1.82, 2.24) is 10.3 Å². The summed E-state index contributed by atoms with van der Waals surface area (Å²) in [6, 6.07) is 10.2. The molecule has 6 nitrogen and oxygen atoms in total. The second-order valence-electron chi connectivity index (χ2n) is 6.87. The van der Waals surface area contributed by atoms with Crippen molar-refractivity contribution in [1.29, 1.82) is 0 Å². The van der Waals surface area contributed by atoms with Gasteiger partial charge in [0, 0.05) is 18.3 Å². The molecule has 4 N–H and O–H groups in total. The van der Waals surface area contributed by atoms with Crippen LogP contribution in [0.3, 0.4) is 0 Å². The topological polar surface area (TPSA) is 86.3 Å². The second kappa shape index (κ2) is 8.81. The minimum atomic E-state index is -0.790. The third-order valence-electron chi connectivity index (χ3n) is 4.88. The lowest BCUT2D eigenvalue weighted by atomic mass is 9.96. The fourth-order valence-corrected chi connectivity index (χ4v) is 3.30. The van der Waals surface area contributed by atoms with Crippen LogP contribution in [-0.2, 0) is 4.79 Å². The summed E-state index contributed by atoms with van der Waals surface area (Å²) in [5.74, 6) is -0.690. The maximum atomic E-state index is 14.5. The number of hydrogen-bond donors (Lipinski definition) is 4. The van der Waals surface area contributed by atoms with E-state index in [0.29, 0.717) is 31.5 Å². The zero-order chi connectivity index (χ0) is 19.2. The van der Waals surface area contributed by atoms with E-state index in [2.05, 4.69) is 20.9 Å². The van der Waals surface area contributed by atoms with Crippen LogP contribution in [0.15, 0.2) is 42.6 Å². The SMILES string of the molecule is CC(CCCN[C@H](c1ccccc1F)[C@@H]1CNc2cccnc2N1)C(=O)O. The molecule has 0 saturated carbocycles. The molecule has 0 bridgehead atoms. The number of aliphatic carboxylic acids is 1. The first-order valence-corrected chi connectivity index (χ1v) is 9.22. The molecule has 144 valence electrons. The van der Waals surface area contributed by atoms with Crippen LogP contribution in [0, 0.1) is 11.7 Å². The normalized spacial score (nSPS) is 17.9. The Kier molecular flexibility index (Phi) is 6.24. The van der Waals surface area contributed by atoms with E-state index in [1.807, 2.05) is 18.2 Å². The van der Waals surface area contributed by atoms with E-state index >= 15 is 0 Å². The molecular formula is C20H25FN4O2.